The van der Waals surface area contributed by atoms with Crippen LogP contribution in [0.5, 0.6) is 0 Å². The van der Waals surface area contributed by atoms with Crippen molar-refractivity contribution in [2.75, 3.05) is 43.4 Å². The van der Waals surface area contributed by atoms with E-state index in [-0.39, 0.29) is 0 Å². The molecule has 118 valence electrons. The van der Waals surface area contributed by atoms with Gasteiger partial charge in [-0.1, -0.05) is 11.6 Å². The molecule has 0 saturated carbocycles. The van der Waals surface area contributed by atoms with Gasteiger partial charge in [-0.15, -0.1) is 11.3 Å². The molecule has 3 rings (SSSR count). The molecule has 0 unspecified atom stereocenters. The summed E-state index contributed by atoms with van der Waals surface area (Å²) in [5.41, 5.74) is 3.85. The zero-order valence-electron chi connectivity index (χ0n) is 12.5. The van der Waals surface area contributed by atoms with Gasteiger partial charge in [0.15, 0.2) is 11.0 Å². The van der Waals surface area contributed by atoms with E-state index < -0.39 is 0 Å². The number of aromatic nitrogens is 3. The lowest BCUT2D eigenvalue weighted by Gasteiger charge is -2.24. The highest BCUT2D eigenvalue weighted by Crippen LogP contribution is 2.29. The molecule has 1 aliphatic heterocycles. The molecule has 0 spiro atoms. The summed E-state index contributed by atoms with van der Waals surface area (Å²) in [5.74, 6) is 0.887. The predicted molar refractivity (Wildman–Crippen MR) is 90.8 cm³/mol. The molecule has 6 nitrogen and oxygen atoms in total. The van der Waals surface area contributed by atoms with Crippen LogP contribution in [0, 0.1) is 0 Å². The lowest BCUT2D eigenvalue weighted by atomic mass is 10.3. The molecule has 3 heterocycles. The van der Waals surface area contributed by atoms with E-state index in [4.69, 9.17) is 11.6 Å². The molecular formula is C14H19ClN6S. The van der Waals surface area contributed by atoms with Crippen molar-refractivity contribution in [3.8, 4) is 0 Å². The standard InChI is InChI=1S/C14H19ClN6S/c1-16-12-13(15)17-9-18-14(12)21-4-2-3-20(5-6-21)7-11-8-22-10-19-11/h8-10,16H,2-7H2,1H3. The van der Waals surface area contributed by atoms with Gasteiger partial charge in [-0.2, -0.15) is 0 Å². The minimum atomic E-state index is 0.469. The van der Waals surface area contributed by atoms with Crippen LogP contribution in [0.1, 0.15) is 12.1 Å². The summed E-state index contributed by atoms with van der Waals surface area (Å²) in [5, 5.41) is 5.69. The fourth-order valence-electron chi connectivity index (χ4n) is 2.70. The van der Waals surface area contributed by atoms with Gasteiger partial charge >= 0.3 is 0 Å². The quantitative estimate of drug-likeness (QED) is 0.864. The van der Waals surface area contributed by atoms with Gasteiger partial charge in [0.1, 0.15) is 12.0 Å². The van der Waals surface area contributed by atoms with Crippen molar-refractivity contribution in [1.82, 2.24) is 19.9 Å². The van der Waals surface area contributed by atoms with E-state index in [2.05, 4.69) is 35.4 Å². The summed E-state index contributed by atoms with van der Waals surface area (Å²) in [6.07, 6.45) is 2.62. The number of hydrogen-bond acceptors (Lipinski definition) is 7. The van der Waals surface area contributed by atoms with Gasteiger partial charge in [0.25, 0.3) is 0 Å². The average molecular weight is 339 g/mol. The first-order chi connectivity index (χ1) is 10.8. The third-order valence-corrected chi connectivity index (χ3v) is 4.71. The fourth-order valence-corrected chi connectivity index (χ4v) is 3.47. The highest BCUT2D eigenvalue weighted by atomic mass is 35.5. The molecule has 1 saturated heterocycles. The Kier molecular flexibility index (Phi) is 5.07. The minimum Gasteiger partial charge on any atom is -0.383 e. The summed E-state index contributed by atoms with van der Waals surface area (Å²) < 4.78 is 0. The molecule has 0 aliphatic carbocycles. The molecule has 1 fully saturated rings. The predicted octanol–water partition coefficient (Wildman–Crippen LogP) is 2.34. The summed E-state index contributed by atoms with van der Waals surface area (Å²) >= 11 is 7.80. The highest BCUT2D eigenvalue weighted by molar-refractivity contribution is 7.07. The van der Waals surface area contributed by atoms with Crippen LogP contribution < -0.4 is 10.2 Å². The lowest BCUT2D eigenvalue weighted by Crippen LogP contribution is -2.31. The number of anilines is 2. The zero-order chi connectivity index (χ0) is 15.4. The molecule has 0 bridgehead atoms. The summed E-state index contributed by atoms with van der Waals surface area (Å²) in [6.45, 7) is 4.87. The molecule has 1 aliphatic rings. The Bertz CT molecular complexity index is 605. The van der Waals surface area contributed by atoms with E-state index in [1.807, 2.05) is 12.6 Å². The maximum atomic E-state index is 6.16. The Morgan fingerprint density at radius 3 is 2.91 bits per heavy atom. The van der Waals surface area contributed by atoms with Crippen LogP contribution in [0.25, 0.3) is 0 Å². The van der Waals surface area contributed by atoms with Crippen LogP contribution >= 0.6 is 22.9 Å². The van der Waals surface area contributed by atoms with Crippen LogP contribution in [0.4, 0.5) is 11.5 Å². The normalized spacial score (nSPS) is 16.5. The van der Waals surface area contributed by atoms with E-state index >= 15 is 0 Å². The summed E-state index contributed by atoms with van der Waals surface area (Å²) in [7, 11) is 1.85. The smallest absolute Gasteiger partial charge is 0.157 e. The third-order valence-electron chi connectivity index (χ3n) is 3.79. The molecule has 0 atom stereocenters. The Balaban J connectivity index is 1.69. The van der Waals surface area contributed by atoms with Crippen LogP contribution in [-0.2, 0) is 6.54 Å². The lowest BCUT2D eigenvalue weighted by molar-refractivity contribution is 0.282. The number of nitrogens with one attached hydrogen (secondary N) is 1. The Morgan fingerprint density at radius 2 is 2.14 bits per heavy atom. The van der Waals surface area contributed by atoms with Gasteiger partial charge in [-0.25, -0.2) is 15.0 Å². The van der Waals surface area contributed by atoms with E-state index in [0.717, 1.165) is 56.3 Å². The molecule has 0 amide bonds. The van der Waals surface area contributed by atoms with Crippen molar-refractivity contribution in [1.29, 1.82) is 0 Å². The van der Waals surface area contributed by atoms with Gasteiger partial charge in [0.2, 0.25) is 0 Å². The van der Waals surface area contributed by atoms with Gasteiger partial charge < -0.3 is 10.2 Å². The van der Waals surface area contributed by atoms with E-state index in [9.17, 15) is 0 Å². The van der Waals surface area contributed by atoms with Crippen molar-refractivity contribution >= 4 is 34.4 Å². The number of halogens is 1. The van der Waals surface area contributed by atoms with Crippen LogP contribution in [0.15, 0.2) is 17.2 Å². The molecule has 1 N–H and O–H groups in total. The molecule has 0 radical (unpaired) electrons. The number of thiazole rings is 1. The van der Waals surface area contributed by atoms with Crippen molar-refractivity contribution in [3.63, 3.8) is 0 Å². The first kappa shape index (κ1) is 15.5. The topological polar surface area (TPSA) is 57.2 Å². The fraction of sp³-hybridized carbons (Fsp3) is 0.500. The Morgan fingerprint density at radius 1 is 1.23 bits per heavy atom. The molecule has 2 aromatic rings. The van der Waals surface area contributed by atoms with Crippen molar-refractivity contribution in [2.24, 2.45) is 0 Å². The molecule has 22 heavy (non-hydrogen) atoms. The number of nitrogens with zero attached hydrogens (tertiary/aromatic N) is 5. The summed E-state index contributed by atoms with van der Waals surface area (Å²) in [6, 6.07) is 0. The van der Waals surface area contributed by atoms with Gasteiger partial charge in [-0.05, 0) is 6.42 Å². The van der Waals surface area contributed by atoms with Crippen LogP contribution in [0.3, 0.4) is 0 Å². The van der Waals surface area contributed by atoms with Gasteiger partial charge in [0.05, 0.1) is 11.2 Å². The Hall–Kier alpha value is -1.44. The monoisotopic (exact) mass is 338 g/mol. The van der Waals surface area contributed by atoms with Crippen molar-refractivity contribution < 1.29 is 0 Å². The number of rotatable bonds is 4. The average Bonchev–Trinajstić information content (AvgIpc) is 2.92. The molecule has 0 aromatic carbocycles. The first-order valence-electron chi connectivity index (χ1n) is 7.30. The second-order valence-electron chi connectivity index (χ2n) is 5.21. The van der Waals surface area contributed by atoms with Crippen LogP contribution in [-0.4, -0.2) is 53.1 Å². The second kappa shape index (κ2) is 7.21. The SMILES string of the molecule is CNc1c(Cl)ncnc1N1CCCN(Cc2cscn2)CC1. The third kappa shape index (κ3) is 3.48. The van der Waals surface area contributed by atoms with Gasteiger partial charge in [-0.3, -0.25) is 4.90 Å². The van der Waals surface area contributed by atoms with E-state index in [1.54, 1.807) is 11.3 Å². The number of hydrogen-bond donors (Lipinski definition) is 1. The Labute approximate surface area is 139 Å². The molecule has 8 heteroatoms. The van der Waals surface area contributed by atoms with Gasteiger partial charge in [0, 0.05) is 45.2 Å². The van der Waals surface area contributed by atoms with E-state index in [0.29, 0.717) is 5.15 Å². The van der Waals surface area contributed by atoms with E-state index in [1.165, 1.54) is 6.33 Å². The van der Waals surface area contributed by atoms with Crippen molar-refractivity contribution in [3.05, 3.63) is 28.1 Å². The zero-order valence-corrected chi connectivity index (χ0v) is 14.1. The molecular weight excluding hydrogens is 320 g/mol. The van der Waals surface area contributed by atoms with Crippen LogP contribution in [0.2, 0.25) is 5.15 Å². The maximum Gasteiger partial charge on any atom is 0.157 e. The minimum absolute atomic E-state index is 0.469. The summed E-state index contributed by atoms with van der Waals surface area (Å²) in [4.78, 5) is 17.5. The largest absolute Gasteiger partial charge is 0.383 e. The second-order valence-corrected chi connectivity index (χ2v) is 6.29. The maximum absolute atomic E-state index is 6.16. The van der Waals surface area contributed by atoms with Crippen molar-refractivity contribution in [2.45, 2.75) is 13.0 Å². The molecule has 2 aromatic heterocycles. The highest BCUT2D eigenvalue weighted by Gasteiger charge is 2.20. The first-order valence-corrected chi connectivity index (χ1v) is 8.62.